The van der Waals surface area contributed by atoms with Gasteiger partial charge >= 0.3 is 0 Å². The molecular formula is C13H17NS. The lowest BCUT2D eigenvalue weighted by Gasteiger charge is -2.40. The summed E-state index contributed by atoms with van der Waals surface area (Å²) in [6, 6.07) is 5.20. The lowest BCUT2D eigenvalue weighted by molar-refractivity contribution is 0.162. The summed E-state index contributed by atoms with van der Waals surface area (Å²) in [5, 5.41) is 3.68. The van der Waals surface area contributed by atoms with E-state index in [4.69, 9.17) is 0 Å². The summed E-state index contributed by atoms with van der Waals surface area (Å²) in [6.45, 7) is 3.23. The van der Waals surface area contributed by atoms with E-state index >= 15 is 0 Å². The van der Waals surface area contributed by atoms with Crippen molar-refractivity contribution in [3.63, 3.8) is 0 Å². The molecule has 1 aromatic rings. The molecule has 2 aliphatic carbocycles. The van der Waals surface area contributed by atoms with E-state index < -0.39 is 0 Å². The van der Waals surface area contributed by atoms with Crippen LogP contribution in [0.25, 0.3) is 0 Å². The van der Waals surface area contributed by atoms with Gasteiger partial charge in [0.15, 0.2) is 0 Å². The van der Waals surface area contributed by atoms with E-state index in [0.29, 0.717) is 0 Å². The molecule has 2 heteroatoms. The molecule has 15 heavy (non-hydrogen) atoms. The van der Waals surface area contributed by atoms with Crippen LogP contribution in [0.4, 0.5) is 0 Å². The van der Waals surface area contributed by atoms with Crippen molar-refractivity contribution in [3.05, 3.63) is 34.0 Å². The van der Waals surface area contributed by atoms with Gasteiger partial charge < -0.3 is 5.32 Å². The number of rotatable bonds is 3. The monoisotopic (exact) mass is 219 g/mol. The predicted molar refractivity (Wildman–Crippen MR) is 65.0 cm³/mol. The maximum Gasteiger partial charge on any atom is 0.0302 e. The van der Waals surface area contributed by atoms with Crippen LogP contribution in [0.2, 0.25) is 0 Å². The van der Waals surface area contributed by atoms with Crippen molar-refractivity contribution in [1.29, 1.82) is 0 Å². The van der Waals surface area contributed by atoms with Gasteiger partial charge in [0.25, 0.3) is 0 Å². The Hall–Kier alpha value is -0.600. The second kappa shape index (κ2) is 3.76. The SMILES string of the molecule is Cc1ccc(CNC2CC3CC=CC32)s1. The molecule has 1 heterocycles. The smallest absolute Gasteiger partial charge is 0.0302 e. The fourth-order valence-corrected chi connectivity index (χ4v) is 3.60. The first-order valence-corrected chi connectivity index (χ1v) is 6.60. The van der Waals surface area contributed by atoms with Gasteiger partial charge in [-0.1, -0.05) is 12.2 Å². The Morgan fingerprint density at radius 2 is 2.40 bits per heavy atom. The molecule has 3 atom stereocenters. The summed E-state index contributed by atoms with van der Waals surface area (Å²) in [5.74, 6) is 1.80. The fraction of sp³-hybridized carbons (Fsp3) is 0.538. The molecule has 80 valence electrons. The standard InChI is InChI=1S/C13H17NS/c1-9-5-6-11(15-9)8-14-13-7-10-3-2-4-12(10)13/h2,4-6,10,12-14H,3,7-8H2,1H3. The summed E-state index contributed by atoms with van der Waals surface area (Å²) in [7, 11) is 0. The van der Waals surface area contributed by atoms with Gasteiger partial charge in [-0.25, -0.2) is 0 Å². The Balaban J connectivity index is 1.53. The molecule has 0 aliphatic heterocycles. The molecule has 1 fully saturated rings. The van der Waals surface area contributed by atoms with Gasteiger partial charge in [0.05, 0.1) is 0 Å². The van der Waals surface area contributed by atoms with Crippen LogP contribution in [-0.4, -0.2) is 6.04 Å². The fourth-order valence-electron chi connectivity index (χ4n) is 2.76. The third-order valence-corrected chi connectivity index (χ3v) is 4.70. The minimum atomic E-state index is 0.746. The number of hydrogen-bond donors (Lipinski definition) is 1. The first-order valence-electron chi connectivity index (χ1n) is 5.78. The quantitative estimate of drug-likeness (QED) is 0.770. The number of aryl methyl sites for hydroxylation is 1. The summed E-state index contributed by atoms with van der Waals surface area (Å²) >= 11 is 1.91. The van der Waals surface area contributed by atoms with Gasteiger partial charge in [0.1, 0.15) is 0 Å². The average Bonchev–Trinajstić information content (AvgIpc) is 2.75. The first-order chi connectivity index (χ1) is 7.33. The number of allylic oxidation sites excluding steroid dienone is 1. The van der Waals surface area contributed by atoms with Gasteiger partial charge in [-0.3, -0.25) is 0 Å². The summed E-state index contributed by atoms with van der Waals surface area (Å²) in [5.41, 5.74) is 0. The van der Waals surface area contributed by atoms with Crippen LogP contribution >= 0.6 is 11.3 Å². The van der Waals surface area contributed by atoms with Gasteiger partial charge in [-0.15, -0.1) is 11.3 Å². The van der Waals surface area contributed by atoms with Gasteiger partial charge in [-0.2, -0.15) is 0 Å². The third-order valence-electron chi connectivity index (χ3n) is 3.70. The molecule has 3 rings (SSSR count). The number of thiophene rings is 1. The zero-order valence-electron chi connectivity index (χ0n) is 9.07. The van der Waals surface area contributed by atoms with Crippen LogP contribution in [0.1, 0.15) is 22.6 Å². The van der Waals surface area contributed by atoms with E-state index in [-0.39, 0.29) is 0 Å². The molecule has 1 nitrogen and oxygen atoms in total. The molecule has 1 N–H and O–H groups in total. The first kappa shape index (κ1) is 9.61. The van der Waals surface area contributed by atoms with E-state index in [1.165, 1.54) is 22.6 Å². The Kier molecular flexibility index (Phi) is 2.41. The van der Waals surface area contributed by atoms with Crippen LogP contribution in [0.5, 0.6) is 0 Å². The highest BCUT2D eigenvalue weighted by Crippen LogP contribution is 2.42. The molecule has 0 spiro atoms. The Morgan fingerprint density at radius 3 is 3.13 bits per heavy atom. The molecule has 0 saturated heterocycles. The Labute approximate surface area is 95.2 Å². The molecule has 0 amide bonds. The van der Waals surface area contributed by atoms with E-state index in [1.807, 2.05) is 11.3 Å². The van der Waals surface area contributed by atoms with E-state index in [2.05, 4.69) is 36.5 Å². The zero-order chi connectivity index (χ0) is 10.3. The lowest BCUT2D eigenvalue weighted by Crippen LogP contribution is -2.47. The molecule has 0 bridgehead atoms. The summed E-state index contributed by atoms with van der Waals surface area (Å²) < 4.78 is 0. The van der Waals surface area contributed by atoms with Gasteiger partial charge in [0.2, 0.25) is 0 Å². The molecule has 1 saturated carbocycles. The van der Waals surface area contributed by atoms with E-state index in [0.717, 1.165) is 24.4 Å². The number of hydrogen-bond acceptors (Lipinski definition) is 2. The second-order valence-electron chi connectivity index (χ2n) is 4.74. The maximum absolute atomic E-state index is 3.68. The van der Waals surface area contributed by atoms with Crippen molar-refractivity contribution < 1.29 is 0 Å². The van der Waals surface area contributed by atoms with Crippen LogP contribution in [-0.2, 0) is 6.54 Å². The molecule has 0 radical (unpaired) electrons. The number of nitrogens with one attached hydrogen (secondary N) is 1. The highest BCUT2D eigenvalue weighted by Gasteiger charge is 2.40. The highest BCUT2D eigenvalue weighted by atomic mass is 32.1. The third kappa shape index (κ3) is 1.77. The van der Waals surface area contributed by atoms with Crippen molar-refractivity contribution in [2.24, 2.45) is 11.8 Å². The van der Waals surface area contributed by atoms with Crippen LogP contribution in [0.3, 0.4) is 0 Å². The van der Waals surface area contributed by atoms with E-state index in [9.17, 15) is 0 Å². The average molecular weight is 219 g/mol. The highest BCUT2D eigenvalue weighted by molar-refractivity contribution is 7.11. The van der Waals surface area contributed by atoms with Crippen molar-refractivity contribution in [2.45, 2.75) is 32.4 Å². The normalized spacial score (nSPS) is 32.7. The van der Waals surface area contributed by atoms with Crippen LogP contribution in [0, 0.1) is 18.8 Å². The van der Waals surface area contributed by atoms with Crippen molar-refractivity contribution in [3.8, 4) is 0 Å². The maximum atomic E-state index is 3.68. The second-order valence-corrected chi connectivity index (χ2v) is 6.11. The molecule has 0 aromatic carbocycles. The van der Waals surface area contributed by atoms with Crippen molar-refractivity contribution in [2.75, 3.05) is 0 Å². The Bertz CT molecular complexity index is 380. The van der Waals surface area contributed by atoms with Gasteiger partial charge in [-0.05, 0) is 43.7 Å². The van der Waals surface area contributed by atoms with Crippen molar-refractivity contribution >= 4 is 11.3 Å². The largest absolute Gasteiger partial charge is 0.308 e. The number of fused-ring (bicyclic) bond motifs is 1. The van der Waals surface area contributed by atoms with E-state index in [1.54, 1.807) is 0 Å². The summed E-state index contributed by atoms with van der Waals surface area (Å²) in [6.07, 6.45) is 7.46. The minimum Gasteiger partial charge on any atom is -0.308 e. The van der Waals surface area contributed by atoms with Crippen LogP contribution in [0.15, 0.2) is 24.3 Å². The minimum absolute atomic E-state index is 0.746. The lowest BCUT2D eigenvalue weighted by atomic mass is 9.71. The van der Waals surface area contributed by atoms with Crippen molar-refractivity contribution in [1.82, 2.24) is 5.32 Å². The molecule has 1 aromatic heterocycles. The topological polar surface area (TPSA) is 12.0 Å². The summed E-state index contributed by atoms with van der Waals surface area (Å²) in [4.78, 5) is 2.89. The molecule has 3 unspecified atom stereocenters. The zero-order valence-corrected chi connectivity index (χ0v) is 9.89. The Morgan fingerprint density at radius 1 is 1.47 bits per heavy atom. The van der Waals surface area contributed by atoms with Crippen LogP contribution < -0.4 is 5.32 Å². The van der Waals surface area contributed by atoms with Gasteiger partial charge in [0, 0.05) is 22.3 Å². The molecular weight excluding hydrogens is 202 g/mol. The predicted octanol–water partition coefficient (Wildman–Crippen LogP) is 3.11. The molecule has 2 aliphatic rings.